The van der Waals surface area contributed by atoms with E-state index in [1.54, 1.807) is 24.3 Å². The number of imide groups is 1. The average molecular weight is 357 g/mol. The Morgan fingerprint density at radius 3 is 2.08 bits per heavy atom. The molecule has 1 aliphatic heterocycles. The van der Waals surface area contributed by atoms with Gasteiger partial charge in [0.15, 0.2) is 0 Å². The number of thioether (sulfide) groups is 1. The van der Waals surface area contributed by atoms with Gasteiger partial charge in [0, 0.05) is 4.90 Å². The van der Waals surface area contributed by atoms with Crippen molar-refractivity contribution in [2.45, 2.75) is 23.7 Å². The third-order valence-corrected chi connectivity index (χ3v) is 5.13. The number of aliphatic carboxylic acids is 1. The van der Waals surface area contributed by atoms with Gasteiger partial charge in [-0.15, -0.1) is 5.06 Å². The van der Waals surface area contributed by atoms with Crippen molar-refractivity contribution in [3.8, 4) is 0 Å². The van der Waals surface area contributed by atoms with E-state index in [2.05, 4.69) is 0 Å². The second kappa shape index (κ2) is 6.34. The maximum absolute atomic E-state index is 12.4. The molecular formula is C18H15NO5S. The number of hydroxylamine groups is 2. The molecule has 0 fully saturated rings. The largest absolute Gasteiger partial charge is 0.478 e. The lowest BCUT2D eigenvalue weighted by Crippen LogP contribution is -2.44. The summed E-state index contributed by atoms with van der Waals surface area (Å²) in [5.41, 5.74) is 1.26. The summed E-state index contributed by atoms with van der Waals surface area (Å²) in [6, 6.07) is 13.5. The number of nitrogens with zero attached hydrogens (tertiary/aromatic N) is 1. The van der Waals surface area contributed by atoms with E-state index in [9.17, 15) is 19.5 Å². The minimum atomic E-state index is -1.85. The Balaban J connectivity index is 1.91. The molecule has 0 radical (unpaired) electrons. The summed E-state index contributed by atoms with van der Waals surface area (Å²) in [4.78, 5) is 40.9. The molecule has 0 saturated heterocycles. The minimum Gasteiger partial charge on any atom is -0.478 e. The predicted molar refractivity (Wildman–Crippen MR) is 91.1 cm³/mol. The van der Waals surface area contributed by atoms with Crippen LogP contribution < -0.4 is 0 Å². The lowest BCUT2D eigenvalue weighted by molar-refractivity contribution is -0.179. The zero-order chi connectivity index (χ0) is 18.2. The summed E-state index contributed by atoms with van der Waals surface area (Å²) in [5.74, 6) is -2.63. The van der Waals surface area contributed by atoms with Gasteiger partial charge in [-0.3, -0.25) is 9.59 Å². The number of benzene rings is 2. The molecule has 1 unspecified atom stereocenters. The number of amides is 2. The van der Waals surface area contributed by atoms with Gasteiger partial charge in [0.25, 0.3) is 11.8 Å². The van der Waals surface area contributed by atoms with E-state index in [0.29, 0.717) is 9.96 Å². The SMILES string of the molecule is Cc1ccccc1SC(C)(ON1C(=O)c2ccccc2C1=O)C(=O)O. The van der Waals surface area contributed by atoms with Crippen LogP contribution in [-0.4, -0.2) is 32.9 Å². The van der Waals surface area contributed by atoms with Crippen LogP contribution in [0.5, 0.6) is 0 Å². The van der Waals surface area contributed by atoms with E-state index in [-0.39, 0.29) is 11.1 Å². The highest BCUT2D eigenvalue weighted by atomic mass is 32.2. The van der Waals surface area contributed by atoms with Crippen molar-refractivity contribution in [2.24, 2.45) is 0 Å². The second-order valence-electron chi connectivity index (χ2n) is 5.66. The summed E-state index contributed by atoms with van der Waals surface area (Å²) in [5, 5.41) is 10.2. The van der Waals surface area contributed by atoms with Crippen molar-refractivity contribution in [3.63, 3.8) is 0 Å². The summed E-state index contributed by atoms with van der Waals surface area (Å²) >= 11 is 0.928. The Labute approximate surface area is 148 Å². The third-order valence-electron chi connectivity index (χ3n) is 3.81. The summed E-state index contributed by atoms with van der Waals surface area (Å²) in [6.07, 6.45) is 0. The fourth-order valence-corrected chi connectivity index (χ4v) is 3.40. The van der Waals surface area contributed by atoms with Gasteiger partial charge in [0.05, 0.1) is 11.1 Å². The first-order chi connectivity index (χ1) is 11.8. The lowest BCUT2D eigenvalue weighted by atomic mass is 10.1. The van der Waals surface area contributed by atoms with Crippen LogP contribution >= 0.6 is 11.8 Å². The van der Waals surface area contributed by atoms with Crippen molar-refractivity contribution >= 4 is 29.5 Å². The van der Waals surface area contributed by atoms with E-state index in [0.717, 1.165) is 17.3 Å². The molecule has 2 aromatic rings. The summed E-state index contributed by atoms with van der Waals surface area (Å²) in [6.45, 7) is 3.16. The number of rotatable bonds is 5. The number of aryl methyl sites for hydroxylation is 1. The maximum atomic E-state index is 12.4. The highest BCUT2D eigenvalue weighted by molar-refractivity contribution is 8.01. The van der Waals surface area contributed by atoms with Gasteiger partial charge in [-0.25, -0.2) is 9.63 Å². The maximum Gasteiger partial charge on any atom is 0.349 e. The van der Waals surface area contributed by atoms with Gasteiger partial charge in [-0.2, -0.15) is 0 Å². The third kappa shape index (κ3) is 3.04. The van der Waals surface area contributed by atoms with Crippen LogP contribution in [0.4, 0.5) is 0 Å². The Bertz CT molecular complexity index is 846. The first kappa shape index (κ1) is 17.2. The van der Waals surface area contributed by atoms with Gasteiger partial charge < -0.3 is 5.11 Å². The first-order valence-electron chi connectivity index (χ1n) is 7.48. The normalized spacial score (nSPS) is 15.8. The Morgan fingerprint density at radius 1 is 1.04 bits per heavy atom. The fourth-order valence-electron chi connectivity index (χ4n) is 2.41. The number of hydrogen-bond donors (Lipinski definition) is 1. The molecule has 0 bridgehead atoms. The van der Waals surface area contributed by atoms with Crippen LogP contribution in [0.3, 0.4) is 0 Å². The number of carbonyl (C=O) groups is 3. The molecule has 6 nitrogen and oxygen atoms in total. The quantitative estimate of drug-likeness (QED) is 0.503. The molecule has 2 amide bonds. The van der Waals surface area contributed by atoms with E-state index >= 15 is 0 Å². The van der Waals surface area contributed by atoms with Crippen LogP contribution in [0.25, 0.3) is 0 Å². The number of hydrogen-bond acceptors (Lipinski definition) is 5. The highest BCUT2D eigenvalue weighted by Gasteiger charge is 2.46. The molecular weight excluding hydrogens is 342 g/mol. The van der Waals surface area contributed by atoms with E-state index in [4.69, 9.17) is 4.84 Å². The molecule has 25 heavy (non-hydrogen) atoms. The molecule has 2 aromatic carbocycles. The summed E-state index contributed by atoms with van der Waals surface area (Å²) < 4.78 is 0. The van der Waals surface area contributed by atoms with Gasteiger partial charge in [-0.05, 0) is 37.6 Å². The average Bonchev–Trinajstić information content (AvgIpc) is 2.82. The van der Waals surface area contributed by atoms with Crippen LogP contribution in [0.2, 0.25) is 0 Å². The van der Waals surface area contributed by atoms with Crippen LogP contribution in [0, 0.1) is 6.92 Å². The fraction of sp³-hybridized carbons (Fsp3) is 0.167. The highest BCUT2D eigenvalue weighted by Crippen LogP contribution is 2.38. The molecule has 7 heteroatoms. The molecule has 0 aromatic heterocycles. The molecule has 128 valence electrons. The first-order valence-corrected chi connectivity index (χ1v) is 8.30. The topological polar surface area (TPSA) is 83.9 Å². The van der Waals surface area contributed by atoms with E-state index in [1.807, 2.05) is 19.1 Å². The number of fused-ring (bicyclic) bond motifs is 1. The van der Waals surface area contributed by atoms with Crippen molar-refractivity contribution in [1.82, 2.24) is 5.06 Å². The van der Waals surface area contributed by atoms with E-state index in [1.165, 1.54) is 19.1 Å². The van der Waals surface area contributed by atoms with Crippen molar-refractivity contribution < 1.29 is 24.3 Å². The van der Waals surface area contributed by atoms with Gasteiger partial charge in [0.1, 0.15) is 0 Å². The smallest absolute Gasteiger partial charge is 0.349 e. The standard InChI is InChI=1S/C18H15NO5S/c1-11-7-3-6-10-14(11)25-18(2,17(22)23)24-19-15(20)12-8-4-5-9-13(12)16(19)21/h3-10H,1-2H3,(H,22,23). The Morgan fingerprint density at radius 2 is 1.56 bits per heavy atom. The monoisotopic (exact) mass is 357 g/mol. The predicted octanol–water partition coefficient (Wildman–Crippen LogP) is 3.12. The molecule has 1 N–H and O–H groups in total. The van der Waals surface area contributed by atoms with E-state index < -0.39 is 22.7 Å². The van der Waals surface area contributed by atoms with Crippen LogP contribution in [-0.2, 0) is 9.63 Å². The molecule has 3 rings (SSSR count). The number of carboxylic acid groups (broad SMARTS) is 1. The zero-order valence-corrected chi connectivity index (χ0v) is 14.4. The van der Waals surface area contributed by atoms with Crippen LogP contribution in [0.1, 0.15) is 33.2 Å². The molecule has 1 heterocycles. The number of carboxylic acids is 1. The Kier molecular flexibility index (Phi) is 4.36. The minimum absolute atomic E-state index is 0.195. The molecule has 0 saturated carbocycles. The molecule has 0 spiro atoms. The Hall–Kier alpha value is -2.64. The second-order valence-corrected chi connectivity index (χ2v) is 7.08. The zero-order valence-electron chi connectivity index (χ0n) is 13.6. The van der Waals surface area contributed by atoms with Crippen molar-refractivity contribution in [3.05, 3.63) is 65.2 Å². The van der Waals surface area contributed by atoms with Crippen molar-refractivity contribution in [2.75, 3.05) is 0 Å². The number of carbonyl (C=O) groups excluding carboxylic acids is 2. The van der Waals surface area contributed by atoms with Crippen molar-refractivity contribution in [1.29, 1.82) is 0 Å². The molecule has 1 aliphatic rings. The van der Waals surface area contributed by atoms with Gasteiger partial charge in [0.2, 0.25) is 4.93 Å². The molecule has 0 aliphatic carbocycles. The summed E-state index contributed by atoms with van der Waals surface area (Å²) in [7, 11) is 0. The molecule has 1 atom stereocenters. The van der Waals surface area contributed by atoms with Gasteiger partial charge >= 0.3 is 5.97 Å². The van der Waals surface area contributed by atoms with Crippen LogP contribution in [0.15, 0.2) is 53.4 Å². The van der Waals surface area contributed by atoms with Gasteiger partial charge in [-0.1, -0.05) is 42.1 Å². The lowest BCUT2D eigenvalue weighted by Gasteiger charge is -2.28.